The van der Waals surface area contributed by atoms with E-state index in [1.54, 1.807) is 0 Å². The Balaban J connectivity index is 5.14. The van der Waals surface area contributed by atoms with Crippen LogP contribution in [-0.4, -0.2) is 42.0 Å². The molecule has 0 aliphatic rings. The molecule has 0 aromatic carbocycles. The Hall–Kier alpha value is -1.57. The van der Waals surface area contributed by atoms with Gasteiger partial charge in [0.2, 0.25) is 0 Å². The van der Waals surface area contributed by atoms with Gasteiger partial charge in [-0.15, -0.1) is 0 Å². The molecule has 0 aliphatic carbocycles. The van der Waals surface area contributed by atoms with Gasteiger partial charge < -0.3 is 14.6 Å². The lowest BCUT2D eigenvalue weighted by Crippen LogP contribution is -2.53. The van der Waals surface area contributed by atoms with Crippen molar-refractivity contribution in [3.05, 3.63) is 12.2 Å². The van der Waals surface area contributed by atoms with Gasteiger partial charge in [0.15, 0.2) is 0 Å². The minimum Gasteiger partial charge on any atom is -0.464 e. The summed E-state index contributed by atoms with van der Waals surface area (Å²) in [5.41, 5.74) is -4.48. The van der Waals surface area contributed by atoms with Crippen molar-refractivity contribution in [3.8, 4) is 0 Å². The molecule has 0 radical (unpaired) electrons. The first-order valence-electron chi connectivity index (χ1n) is 5.41. The molecule has 5 nitrogen and oxygen atoms in total. The zero-order valence-electron chi connectivity index (χ0n) is 10.5. The Bertz CT molecular complexity index is 364. The van der Waals surface area contributed by atoms with Gasteiger partial charge in [0.1, 0.15) is 0 Å². The van der Waals surface area contributed by atoms with Crippen LogP contribution in [0.1, 0.15) is 20.3 Å². The number of halogens is 3. The van der Waals surface area contributed by atoms with Crippen LogP contribution in [-0.2, 0) is 19.1 Å². The van der Waals surface area contributed by atoms with Crippen molar-refractivity contribution in [3.63, 3.8) is 0 Å². The first kappa shape index (κ1) is 17.4. The van der Waals surface area contributed by atoms with Crippen molar-refractivity contribution in [1.82, 2.24) is 0 Å². The highest BCUT2D eigenvalue weighted by Gasteiger charge is 2.61. The average Bonchev–Trinajstić information content (AvgIpc) is 2.27. The number of carbonyl (C=O) groups excluding carboxylic acids is 2. The topological polar surface area (TPSA) is 72.8 Å². The molecule has 0 aliphatic heterocycles. The van der Waals surface area contributed by atoms with Crippen LogP contribution in [0.25, 0.3) is 0 Å². The Kier molecular flexibility index (Phi) is 6.01. The van der Waals surface area contributed by atoms with Gasteiger partial charge >= 0.3 is 18.1 Å². The van der Waals surface area contributed by atoms with Gasteiger partial charge in [-0.05, 0) is 13.8 Å². The van der Waals surface area contributed by atoms with E-state index in [1.165, 1.54) is 13.8 Å². The number of hydrogen-bond donors (Lipinski definition) is 1. The van der Waals surface area contributed by atoms with Crippen molar-refractivity contribution in [1.29, 1.82) is 0 Å². The lowest BCUT2D eigenvalue weighted by atomic mass is 9.94. The molecule has 0 amide bonds. The molecule has 110 valence electrons. The minimum atomic E-state index is -5.30. The first-order valence-corrected chi connectivity index (χ1v) is 5.41. The number of ether oxygens (including phenoxy) is 2. The van der Waals surface area contributed by atoms with E-state index in [9.17, 15) is 27.9 Å². The summed E-state index contributed by atoms with van der Waals surface area (Å²) in [4.78, 5) is 22.4. The number of carbonyl (C=O) groups is 2. The van der Waals surface area contributed by atoms with Gasteiger partial charge in [0, 0.05) is 12.0 Å². The normalized spacial score (nSPS) is 14.4. The second-order valence-electron chi connectivity index (χ2n) is 3.58. The number of aliphatic hydroxyl groups is 1. The molecular weight excluding hydrogens is 269 g/mol. The Morgan fingerprint density at radius 2 is 1.63 bits per heavy atom. The van der Waals surface area contributed by atoms with Crippen LogP contribution < -0.4 is 0 Å². The summed E-state index contributed by atoms with van der Waals surface area (Å²) in [5, 5.41) is 9.47. The maximum atomic E-state index is 12.7. The highest BCUT2D eigenvalue weighted by atomic mass is 19.4. The van der Waals surface area contributed by atoms with Gasteiger partial charge in [-0.3, -0.25) is 0 Å². The Morgan fingerprint density at radius 3 is 2.00 bits per heavy atom. The highest BCUT2D eigenvalue weighted by molar-refractivity contribution is 5.90. The summed E-state index contributed by atoms with van der Waals surface area (Å²) in [6.07, 6.45) is -6.64. The van der Waals surface area contributed by atoms with Crippen LogP contribution >= 0.6 is 0 Å². The third-order valence-electron chi connectivity index (χ3n) is 2.12. The van der Waals surface area contributed by atoms with Gasteiger partial charge in [-0.1, -0.05) is 6.58 Å². The third-order valence-corrected chi connectivity index (χ3v) is 2.12. The highest BCUT2D eigenvalue weighted by Crippen LogP contribution is 2.36. The molecule has 0 fully saturated rings. The van der Waals surface area contributed by atoms with Gasteiger partial charge in [-0.25, -0.2) is 9.59 Å². The molecule has 0 rings (SSSR count). The molecule has 19 heavy (non-hydrogen) atoms. The molecule has 0 aromatic heterocycles. The van der Waals surface area contributed by atoms with E-state index in [-0.39, 0.29) is 13.2 Å². The molecular formula is C11H15F3O5. The fourth-order valence-corrected chi connectivity index (χ4v) is 1.15. The first-order chi connectivity index (χ1) is 8.60. The minimum absolute atomic E-state index is 0.0678. The van der Waals surface area contributed by atoms with Crippen LogP contribution in [0.15, 0.2) is 12.2 Å². The zero-order chi connectivity index (χ0) is 15.3. The van der Waals surface area contributed by atoms with Crippen LogP contribution in [0.2, 0.25) is 0 Å². The van der Waals surface area contributed by atoms with Crippen molar-refractivity contribution < 1.29 is 37.3 Å². The predicted octanol–water partition coefficient (Wildman–Crippen LogP) is 1.35. The maximum absolute atomic E-state index is 12.7. The van der Waals surface area contributed by atoms with Crippen LogP contribution in [0.5, 0.6) is 0 Å². The molecule has 0 spiro atoms. The zero-order valence-corrected chi connectivity index (χ0v) is 10.5. The van der Waals surface area contributed by atoms with Crippen LogP contribution in [0.3, 0.4) is 0 Å². The van der Waals surface area contributed by atoms with Crippen molar-refractivity contribution in [2.45, 2.75) is 32.0 Å². The summed E-state index contributed by atoms with van der Waals surface area (Å²) in [6, 6.07) is 0. The molecule has 0 saturated heterocycles. The second kappa shape index (κ2) is 6.55. The molecule has 0 heterocycles. The molecule has 1 N–H and O–H groups in total. The quantitative estimate of drug-likeness (QED) is 0.589. The van der Waals surface area contributed by atoms with E-state index >= 15 is 0 Å². The molecule has 0 bridgehead atoms. The van der Waals surface area contributed by atoms with E-state index in [1.807, 2.05) is 0 Å². The number of rotatable bonds is 6. The number of esters is 2. The molecule has 0 saturated carbocycles. The van der Waals surface area contributed by atoms with Gasteiger partial charge in [-0.2, -0.15) is 13.2 Å². The van der Waals surface area contributed by atoms with E-state index in [2.05, 4.69) is 16.1 Å². The van der Waals surface area contributed by atoms with E-state index in [0.29, 0.717) is 0 Å². The van der Waals surface area contributed by atoms with Crippen LogP contribution in [0.4, 0.5) is 13.2 Å². The van der Waals surface area contributed by atoms with Gasteiger partial charge in [0.05, 0.1) is 13.2 Å². The number of hydrogen-bond acceptors (Lipinski definition) is 5. The summed E-state index contributed by atoms with van der Waals surface area (Å²) < 4.78 is 46.8. The lowest BCUT2D eigenvalue weighted by Gasteiger charge is -2.28. The summed E-state index contributed by atoms with van der Waals surface area (Å²) in [5.74, 6) is -3.00. The van der Waals surface area contributed by atoms with Gasteiger partial charge in [0.25, 0.3) is 5.60 Å². The fourth-order valence-electron chi connectivity index (χ4n) is 1.15. The summed E-state index contributed by atoms with van der Waals surface area (Å²) >= 11 is 0. The monoisotopic (exact) mass is 284 g/mol. The van der Waals surface area contributed by atoms with Crippen molar-refractivity contribution in [2.75, 3.05) is 13.2 Å². The predicted molar refractivity (Wildman–Crippen MR) is 58.0 cm³/mol. The fraction of sp³-hybridized carbons (Fsp3) is 0.636. The van der Waals surface area contributed by atoms with Crippen molar-refractivity contribution in [2.24, 2.45) is 0 Å². The molecule has 8 heteroatoms. The van der Waals surface area contributed by atoms with Crippen LogP contribution in [0, 0.1) is 0 Å². The SMILES string of the molecule is C=C(CC(O)(C(=O)OCC)C(F)(F)F)C(=O)OCC. The van der Waals surface area contributed by atoms with E-state index < -0.39 is 35.7 Å². The standard InChI is InChI=1S/C11H15F3O5/c1-4-18-8(15)7(3)6-10(17,11(12,13)14)9(16)19-5-2/h17H,3-6H2,1-2H3. The molecule has 0 aromatic rings. The van der Waals surface area contributed by atoms with E-state index in [4.69, 9.17) is 0 Å². The summed E-state index contributed by atoms with van der Waals surface area (Å²) in [6.45, 7) is 5.40. The smallest absolute Gasteiger partial charge is 0.428 e. The molecule has 1 unspecified atom stereocenters. The molecule has 1 atom stereocenters. The Labute approximate surface area is 108 Å². The second-order valence-corrected chi connectivity index (χ2v) is 3.58. The van der Waals surface area contributed by atoms with E-state index in [0.717, 1.165) is 0 Å². The maximum Gasteiger partial charge on any atom is 0.428 e. The lowest BCUT2D eigenvalue weighted by molar-refractivity contribution is -0.262. The largest absolute Gasteiger partial charge is 0.464 e. The third kappa shape index (κ3) is 4.23. The van der Waals surface area contributed by atoms with Crippen molar-refractivity contribution >= 4 is 11.9 Å². The Morgan fingerprint density at radius 1 is 1.16 bits per heavy atom. The summed E-state index contributed by atoms with van der Waals surface area (Å²) in [7, 11) is 0. The average molecular weight is 284 g/mol. The number of alkyl halides is 3.